The highest BCUT2D eigenvalue weighted by molar-refractivity contribution is 6.30. The topological polar surface area (TPSA) is 64.7 Å². The zero-order valence-corrected chi connectivity index (χ0v) is 15.8. The number of rotatable bonds is 5. The Hall–Kier alpha value is -1.95. The molecule has 0 aromatic heterocycles. The molecule has 3 amide bonds. The van der Waals surface area contributed by atoms with Crippen LogP contribution in [0.4, 0.5) is 10.5 Å². The lowest BCUT2D eigenvalue weighted by Crippen LogP contribution is -2.52. The summed E-state index contributed by atoms with van der Waals surface area (Å²) in [7, 11) is 0. The first kappa shape index (κ1) is 18.8. The molecule has 0 unspecified atom stereocenters. The number of amides is 3. The van der Waals surface area contributed by atoms with Gasteiger partial charge in [0.05, 0.1) is 0 Å². The van der Waals surface area contributed by atoms with E-state index in [4.69, 9.17) is 11.6 Å². The number of halogens is 1. The van der Waals surface area contributed by atoms with Gasteiger partial charge in [-0.25, -0.2) is 4.79 Å². The number of carbonyl (C=O) groups is 2. The molecule has 0 atom stereocenters. The fraction of sp³-hybridized carbons (Fsp3) is 0.579. The van der Waals surface area contributed by atoms with Crippen molar-refractivity contribution in [2.45, 2.75) is 38.1 Å². The molecule has 1 aromatic carbocycles. The van der Waals surface area contributed by atoms with Crippen molar-refractivity contribution < 1.29 is 9.59 Å². The number of hydrogen-bond donors (Lipinski definition) is 2. The van der Waals surface area contributed by atoms with Crippen molar-refractivity contribution >= 4 is 29.2 Å². The van der Waals surface area contributed by atoms with Crippen LogP contribution in [-0.2, 0) is 4.79 Å². The summed E-state index contributed by atoms with van der Waals surface area (Å²) in [4.78, 5) is 28.2. The van der Waals surface area contributed by atoms with E-state index in [9.17, 15) is 9.59 Å². The second kappa shape index (κ2) is 9.12. The Morgan fingerprint density at radius 3 is 2.54 bits per heavy atom. The number of anilines is 1. The van der Waals surface area contributed by atoms with Crippen molar-refractivity contribution in [2.75, 3.05) is 37.6 Å². The maximum absolute atomic E-state index is 12.3. The molecule has 0 spiro atoms. The van der Waals surface area contributed by atoms with Crippen LogP contribution >= 0.6 is 11.6 Å². The Morgan fingerprint density at radius 2 is 1.85 bits per heavy atom. The maximum atomic E-state index is 12.3. The van der Waals surface area contributed by atoms with Gasteiger partial charge in [0.15, 0.2) is 0 Å². The summed E-state index contributed by atoms with van der Waals surface area (Å²) < 4.78 is 0. The van der Waals surface area contributed by atoms with Crippen molar-refractivity contribution in [2.24, 2.45) is 0 Å². The first-order chi connectivity index (χ1) is 12.6. The molecule has 2 fully saturated rings. The summed E-state index contributed by atoms with van der Waals surface area (Å²) in [6, 6.07) is 8.01. The second-order valence-electron chi connectivity index (χ2n) is 6.98. The number of urea groups is 1. The minimum atomic E-state index is -0.0931. The quantitative estimate of drug-likeness (QED) is 0.827. The standard InChI is InChI=1S/C19H27ClN4O2/c20-15-4-3-7-17(14-15)23-10-12-24(13-11-23)19(26)21-9-8-18(25)22-16-5-1-2-6-16/h3-4,7,14,16H,1-2,5-6,8-13H2,(H,21,26)(H,22,25). The summed E-state index contributed by atoms with van der Waals surface area (Å²) in [6.07, 6.45) is 4.89. The van der Waals surface area contributed by atoms with Gasteiger partial charge < -0.3 is 20.4 Å². The normalized spacial score (nSPS) is 18.0. The molecule has 26 heavy (non-hydrogen) atoms. The van der Waals surface area contributed by atoms with Gasteiger partial charge in [-0.15, -0.1) is 0 Å². The summed E-state index contributed by atoms with van der Waals surface area (Å²) in [5, 5.41) is 6.62. The first-order valence-corrected chi connectivity index (χ1v) is 9.82. The predicted octanol–water partition coefficient (Wildman–Crippen LogP) is 2.62. The van der Waals surface area contributed by atoms with Gasteiger partial charge in [0, 0.05) is 55.9 Å². The van der Waals surface area contributed by atoms with Gasteiger partial charge in [0.2, 0.25) is 5.91 Å². The summed E-state index contributed by atoms with van der Waals surface area (Å²) >= 11 is 6.05. The Kier molecular flexibility index (Phi) is 6.61. The van der Waals surface area contributed by atoms with Crippen LogP contribution in [0.5, 0.6) is 0 Å². The van der Waals surface area contributed by atoms with E-state index in [0.29, 0.717) is 32.1 Å². The van der Waals surface area contributed by atoms with Crippen LogP contribution in [0.2, 0.25) is 5.02 Å². The van der Waals surface area contributed by atoms with E-state index in [-0.39, 0.29) is 11.9 Å². The van der Waals surface area contributed by atoms with Gasteiger partial charge >= 0.3 is 6.03 Å². The van der Waals surface area contributed by atoms with Crippen LogP contribution < -0.4 is 15.5 Å². The third kappa shape index (κ3) is 5.27. The van der Waals surface area contributed by atoms with E-state index in [1.165, 1.54) is 12.8 Å². The average molecular weight is 379 g/mol. The van der Waals surface area contributed by atoms with E-state index in [1.807, 2.05) is 24.3 Å². The third-order valence-electron chi connectivity index (χ3n) is 5.09. The largest absolute Gasteiger partial charge is 0.368 e. The molecular formula is C19H27ClN4O2. The number of piperazine rings is 1. The van der Waals surface area contributed by atoms with Crippen molar-refractivity contribution in [3.05, 3.63) is 29.3 Å². The molecule has 1 saturated heterocycles. The highest BCUT2D eigenvalue weighted by atomic mass is 35.5. The third-order valence-corrected chi connectivity index (χ3v) is 5.32. The SMILES string of the molecule is O=C(CCNC(=O)N1CCN(c2cccc(Cl)c2)CC1)NC1CCCC1. The predicted molar refractivity (Wildman–Crippen MR) is 104 cm³/mol. The Balaban J connectivity index is 1.35. The molecule has 1 aliphatic carbocycles. The van der Waals surface area contributed by atoms with Crippen molar-refractivity contribution in [3.63, 3.8) is 0 Å². The number of nitrogens with one attached hydrogen (secondary N) is 2. The molecule has 6 nitrogen and oxygen atoms in total. The number of nitrogens with zero attached hydrogens (tertiary/aromatic N) is 2. The molecule has 1 aliphatic heterocycles. The van der Waals surface area contributed by atoms with E-state index in [2.05, 4.69) is 15.5 Å². The fourth-order valence-electron chi connectivity index (χ4n) is 3.61. The van der Waals surface area contributed by atoms with Crippen LogP contribution in [0.3, 0.4) is 0 Å². The van der Waals surface area contributed by atoms with Gasteiger partial charge in [-0.05, 0) is 31.0 Å². The summed E-state index contributed by atoms with van der Waals surface area (Å²) in [6.45, 7) is 3.25. The van der Waals surface area contributed by atoms with E-state index in [0.717, 1.165) is 36.6 Å². The molecule has 0 radical (unpaired) electrons. The highest BCUT2D eigenvalue weighted by Crippen LogP contribution is 2.21. The number of benzene rings is 1. The zero-order valence-electron chi connectivity index (χ0n) is 15.0. The number of carbonyl (C=O) groups excluding carboxylic acids is 2. The highest BCUT2D eigenvalue weighted by Gasteiger charge is 2.21. The minimum Gasteiger partial charge on any atom is -0.368 e. The monoisotopic (exact) mass is 378 g/mol. The van der Waals surface area contributed by atoms with Crippen molar-refractivity contribution in [1.82, 2.24) is 15.5 Å². The fourth-order valence-corrected chi connectivity index (χ4v) is 3.79. The van der Waals surface area contributed by atoms with Crippen LogP contribution in [0.1, 0.15) is 32.1 Å². The Labute approximate surface area is 159 Å². The Morgan fingerprint density at radius 1 is 1.12 bits per heavy atom. The van der Waals surface area contributed by atoms with Crippen LogP contribution in [-0.4, -0.2) is 55.6 Å². The molecule has 1 heterocycles. The second-order valence-corrected chi connectivity index (χ2v) is 7.42. The van der Waals surface area contributed by atoms with Gasteiger partial charge in [-0.2, -0.15) is 0 Å². The Bertz CT molecular complexity index is 626. The minimum absolute atomic E-state index is 0.0305. The molecule has 142 valence electrons. The van der Waals surface area contributed by atoms with Crippen LogP contribution in [0.15, 0.2) is 24.3 Å². The van der Waals surface area contributed by atoms with Crippen LogP contribution in [0, 0.1) is 0 Å². The molecule has 0 bridgehead atoms. The molecule has 2 N–H and O–H groups in total. The van der Waals surface area contributed by atoms with Crippen LogP contribution in [0.25, 0.3) is 0 Å². The maximum Gasteiger partial charge on any atom is 0.317 e. The molecule has 1 aromatic rings. The molecule has 2 aliphatic rings. The lowest BCUT2D eigenvalue weighted by Gasteiger charge is -2.36. The van der Waals surface area contributed by atoms with E-state index in [1.54, 1.807) is 4.90 Å². The smallest absolute Gasteiger partial charge is 0.317 e. The molecule has 7 heteroatoms. The van der Waals surface area contributed by atoms with Gasteiger partial charge in [-0.1, -0.05) is 30.5 Å². The van der Waals surface area contributed by atoms with Gasteiger partial charge in [0.1, 0.15) is 0 Å². The lowest BCUT2D eigenvalue weighted by molar-refractivity contribution is -0.121. The van der Waals surface area contributed by atoms with Crippen molar-refractivity contribution in [1.29, 1.82) is 0 Å². The van der Waals surface area contributed by atoms with Gasteiger partial charge in [-0.3, -0.25) is 4.79 Å². The molecule has 3 rings (SSSR count). The number of hydrogen-bond acceptors (Lipinski definition) is 3. The van der Waals surface area contributed by atoms with E-state index >= 15 is 0 Å². The summed E-state index contributed by atoms with van der Waals surface area (Å²) in [5.41, 5.74) is 1.08. The van der Waals surface area contributed by atoms with Crippen molar-refractivity contribution in [3.8, 4) is 0 Å². The molecule has 1 saturated carbocycles. The van der Waals surface area contributed by atoms with E-state index < -0.39 is 0 Å². The zero-order chi connectivity index (χ0) is 18.4. The summed E-state index contributed by atoms with van der Waals surface area (Å²) in [5.74, 6) is 0.0305. The molecular weight excluding hydrogens is 352 g/mol. The van der Waals surface area contributed by atoms with Gasteiger partial charge in [0.25, 0.3) is 0 Å². The average Bonchev–Trinajstić information content (AvgIpc) is 3.14. The first-order valence-electron chi connectivity index (χ1n) is 9.44. The lowest BCUT2D eigenvalue weighted by atomic mass is 10.2.